The van der Waals surface area contributed by atoms with Crippen LogP contribution in [0.1, 0.15) is 24.1 Å². The predicted molar refractivity (Wildman–Crippen MR) is 119 cm³/mol. The van der Waals surface area contributed by atoms with Gasteiger partial charge in [0.05, 0.1) is 34.4 Å². The lowest BCUT2D eigenvalue weighted by atomic mass is 9.87. The predicted octanol–water partition coefficient (Wildman–Crippen LogP) is 2.50. The number of rotatable bonds is 7. The van der Waals surface area contributed by atoms with E-state index in [0.29, 0.717) is 41.2 Å². The smallest absolute Gasteiger partial charge is 0.240 e. The molecule has 0 radical (unpaired) electrons. The van der Waals surface area contributed by atoms with Gasteiger partial charge in [0.1, 0.15) is 17.6 Å². The first-order valence-electron chi connectivity index (χ1n) is 10.3. The van der Waals surface area contributed by atoms with Crippen molar-refractivity contribution in [2.45, 2.75) is 36.4 Å². The molecule has 3 aromatic heterocycles. The highest BCUT2D eigenvalue weighted by Gasteiger charge is 2.34. The van der Waals surface area contributed by atoms with Crippen LogP contribution in [0, 0.1) is 11.3 Å². The second-order valence-electron chi connectivity index (χ2n) is 7.86. The van der Waals surface area contributed by atoms with Gasteiger partial charge in [-0.3, -0.25) is 0 Å². The summed E-state index contributed by atoms with van der Waals surface area (Å²) in [4.78, 5) is 11.8. The molecule has 168 valence electrons. The Balaban J connectivity index is 1.32. The number of nitrogens with one attached hydrogen (secondary N) is 3. The molecule has 1 aromatic carbocycles. The Hall–Kier alpha value is -3.72. The van der Waals surface area contributed by atoms with E-state index in [9.17, 15) is 13.5 Å². The van der Waals surface area contributed by atoms with Gasteiger partial charge in [0, 0.05) is 29.9 Å². The van der Waals surface area contributed by atoms with E-state index in [-0.39, 0.29) is 23.6 Å². The van der Waals surface area contributed by atoms with Gasteiger partial charge in [-0.25, -0.2) is 23.1 Å². The van der Waals surface area contributed by atoms with E-state index in [2.05, 4.69) is 25.0 Å². The minimum atomic E-state index is -3.72. The number of aromatic amines is 1. The molecule has 33 heavy (non-hydrogen) atoms. The van der Waals surface area contributed by atoms with Gasteiger partial charge in [-0.2, -0.15) is 5.26 Å². The van der Waals surface area contributed by atoms with Crippen LogP contribution in [-0.4, -0.2) is 40.6 Å². The van der Waals surface area contributed by atoms with Crippen LogP contribution in [0.3, 0.4) is 0 Å². The summed E-state index contributed by atoms with van der Waals surface area (Å²) in [6.07, 6.45) is 6.00. The fraction of sp³-hybridized carbons (Fsp3) is 0.227. The van der Waals surface area contributed by atoms with Crippen LogP contribution in [0.15, 0.2) is 58.3 Å². The largest absolute Gasteiger partial charge is 0.444 e. The van der Waals surface area contributed by atoms with Crippen molar-refractivity contribution in [3.63, 3.8) is 0 Å². The average Bonchev–Trinajstić information content (AvgIpc) is 3.47. The maximum Gasteiger partial charge on any atom is 0.240 e. The van der Waals surface area contributed by atoms with Gasteiger partial charge in [0.25, 0.3) is 0 Å². The first kappa shape index (κ1) is 21.1. The van der Waals surface area contributed by atoms with Crippen molar-refractivity contribution in [3.8, 4) is 17.5 Å². The molecule has 10 nitrogen and oxygen atoms in total. The topological polar surface area (TPSA) is 157 Å². The van der Waals surface area contributed by atoms with Crippen molar-refractivity contribution in [1.29, 1.82) is 5.26 Å². The Morgan fingerprint density at radius 3 is 2.88 bits per heavy atom. The fourth-order valence-electron chi connectivity index (χ4n) is 3.89. The number of nitrogens with zero attached hydrogens (tertiary/aromatic N) is 3. The summed E-state index contributed by atoms with van der Waals surface area (Å²) in [5, 5.41) is 22.6. The standard InChI is InChI=1S/C22H20N6O4S/c23-9-13-2-1-3-17(6-13)33(30,31)28-15-7-14(8-15)26-20-18-4-5-24-21(18)25-10-19(20)22-27-16(11-29)12-32-22/h1-6,10,12,14-15,28-29H,7-8,11H2,(H2,24,25,26). The van der Waals surface area contributed by atoms with Crippen molar-refractivity contribution >= 4 is 26.7 Å². The van der Waals surface area contributed by atoms with Crippen LogP contribution < -0.4 is 10.0 Å². The number of anilines is 1. The number of oxazole rings is 1. The Morgan fingerprint density at radius 2 is 2.12 bits per heavy atom. The SMILES string of the molecule is N#Cc1cccc(S(=O)(=O)NC2CC(Nc3c(-c4nc(CO)co4)cnc4[nH]ccc34)C2)c1. The summed E-state index contributed by atoms with van der Waals surface area (Å²) < 4.78 is 33.6. The van der Waals surface area contributed by atoms with Crippen LogP contribution in [0.2, 0.25) is 0 Å². The number of H-pyrrole nitrogens is 1. The van der Waals surface area contributed by atoms with Crippen molar-refractivity contribution in [3.05, 3.63) is 60.2 Å². The van der Waals surface area contributed by atoms with Crippen LogP contribution in [0.25, 0.3) is 22.5 Å². The third-order valence-corrected chi connectivity index (χ3v) is 7.13. The zero-order valence-electron chi connectivity index (χ0n) is 17.3. The lowest BCUT2D eigenvalue weighted by Gasteiger charge is -2.37. The zero-order valence-corrected chi connectivity index (χ0v) is 18.1. The number of hydrogen-bond donors (Lipinski definition) is 4. The molecular formula is C22H20N6O4S. The minimum absolute atomic E-state index is 0.0228. The van der Waals surface area contributed by atoms with Gasteiger partial charge in [-0.15, -0.1) is 0 Å². The molecule has 5 rings (SSSR count). The maximum absolute atomic E-state index is 12.7. The molecule has 4 aromatic rings. The minimum Gasteiger partial charge on any atom is -0.444 e. The lowest BCUT2D eigenvalue weighted by molar-refractivity contribution is 0.276. The number of pyridine rings is 1. The van der Waals surface area contributed by atoms with Crippen molar-refractivity contribution in [2.24, 2.45) is 0 Å². The Bertz CT molecular complexity index is 1460. The van der Waals surface area contributed by atoms with Crippen LogP contribution in [0.5, 0.6) is 0 Å². The number of aliphatic hydroxyl groups is 1. The van der Waals surface area contributed by atoms with Crippen molar-refractivity contribution in [1.82, 2.24) is 19.7 Å². The highest BCUT2D eigenvalue weighted by Crippen LogP contribution is 2.36. The Labute approximate surface area is 189 Å². The van der Waals surface area contributed by atoms with Gasteiger partial charge in [-0.05, 0) is 37.1 Å². The summed E-state index contributed by atoms with van der Waals surface area (Å²) in [6.45, 7) is -0.228. The third kappa shape index (κ3) is 4.07. The van der Waals surface area contributed by atoms with Gasteiger partial charge in [0.15, 0.2) is 0 Å². The van der Waals surface area contributed by atoms with E-state index in [4.69, 9.17) is 9.68 Å². The Morgan fingerprint density at radius 1 is 1.27 bits per heavy atom. The van der Waals surface area contributed by atoms with Crippen molar-refractivity contribution in [2.75, 3.05) is 5.32 Å². The van der Waals surface area contributed by atoms with Crippen LogP contribution >= 0.6 is 0 Å². The number of sulfonamides is 1. The summed E-state index contributed by atoms with van der Waals surface area (Å²) in [6, 6.07) is 9.59. The van der Waals surface area contributed by atoms with Gasteiger partial charge in [-0.1, -0.05) is 6.07 Å². The summed E-state index contributed by atoms with van der Waals surface area (Å²) in [5.41, 5.74) is 2.84. The first-order chi connectivity index (χ1) is 16.0. The van der Waals surface area contributed by atoms with E-state index in [1.165, 1.54) is 18.4 Å². The number of aromatic nitrogens is 3. The molecule has 1 fully saturated rings. The maximum atomic E-state index is 12.7. The van der Waals surface area contributed by atoms with E-state index < -0.39 is 10.0 Å². The molecule has 0 atom stereocenters. The third-order valence-electron chi connectivity index (χ3n) is 5.61. The molecule has 4 N–H and O–H groups in total. The number of fused-ring (bicyclic) bond motifs is 1. The summed E-state index contributed by atoms with van der Waals surface area (Å²) in [5.74, 6) is 0.339. The second-order valence-corrected chi connectivity index (χ2v) is 9.57. The second kappa shape index (κ2) is 8.32. The summed E-state index contributed by atoms with van der Waals surface area (Å²) in [7, 11) is -3.72. The molecule has 0 aliphatic heterocycles. The summed E-state index contributed by atoms with van der Waals surface area (Å²) >= 11 is 0. The molecule has 0 amide bonds. The Kier molecular flexibility index (Phi) is 5.33. The van der Waals surface area contributed by atoms with Gasteiger partial charge in [0.2, 0.25) is 15.9 Å². The fourth-order valence-corrected chi connectivity index (χ4v) is 5.19. The van der Waals surface area contributed by atoms with E-state index in [1.807, 2.05) is 12.1 Å². The van der Waals surface area contributed by atoms with E-state index >= 15 is 0 Å². The highest BCUT2D eigenvalue weighted by molar-refractivity contribution is 7.89. The van der Waals surface area contributed by atoms with Gasteiger partial charge >= 0.3 is 0 Å². The molecule has 3 heterocycles. The zero-order chi connectivity index (χ0) is 23.0. The number of benzene rings is 1. The quantitative estimate of drug-likeness (QED) is 0.325. The molecule has 0 spiro atoms. The molecule has 0 bridgehead atoms. The van der Waals surface area contributed by atoms with E-state index in [0.717, 1.165) is 11.1 Å². The van der Waals surface area contributed by atoms with E-state index in [1.54, 1.807) is 24.5 Å². The monoisotopic (exact) mass is 464 g/mol. The molecule has 0 saturated heterocycles. The highest BCUT2D eigenvalue weighted by atomic mass is 32.2. The van der Waals surface area contributed by atoms with Crippen LogP contribution in [0.4, 0.5) is 5.69 Å². The average molecular weight is 465 g/mol. The van der Waals surface area contributed by atoms with Gasteiger partial charge < -0.3 is 19.8 Å². The molecular weight excluding hydrogens is 444 g/mol. The molecule has 0 unspecified atom stereocenters. The molecule has 1 aliphatic carbocycles. The van der Waals surface area contributed by atoms with Crippen LogP contribution in [-0.2, 0) is 16.6 Å². The molecule has 11 heteroatoms. The number of hydrogen-bond acceptors (Lipinski definition) is 8. The number of aliphatic hydroxyl groups excluding tert-OH is 1. The molecule has 1 saturated carbocycles. The normalized spacial score (nSPS) is 18.1. The molecule has 1 aliphatic rings. The van der Waals surface area contributed by atoms with Crippen molar-refractivity contribution < 1.29 is 17.9 Å². The number of nitriles is 1. The lowest BCUT2D eigenvalue weighted by Crippen LogP contribution is -2.49. The first-order valence-corrected chi connectivity index (χ1v) is 11.8.